The Bertz CT molecular complexity index is 250. The van der Waals surface area contributed by atoms with Crippen LogP contribution >= 0.6 is 0 Å². The van der Waals surface area contributed by atoms with Gasteiger partial charge in [0.05, 0.1) is 0 Å². The Balaban J connectivity index is 3.19. The standard InChI is InChI=1S/C11H16F6O/c1-2-18-9(10(12,13)14,11(15,16)17)8-6-4-3-5-7-8/h8H,2-7H2,1H3. The molecule has 0 radical (unpaired) electrons. The van der Waals surface area contributed by atoms with Crippen LogP contribution in [-0.2, 0) is 4.74 Å². The fourth-order valence-electron chi connectivity index (χ4n) is 2.64. The summed E-state index contributed by atoms with van der Waals surface area (Å²) < 4.78 is 82.2. The highest BCUT2D eigenvalue weighted by Crippen LogP contribution is 2.53. The van der Waals surface area contributed by atoms with Crippen molar-refractivity contribution < 1.29 is 31.1 Å². The highest BCUT2D eigenvalue weighted by atomic mass is 19.4. The molecule has 0 aliphatic heterocycles. The van der Waals surface area contributed by atoms with Crippen LogP contribution in [0.3, 0.4) is 0 Å². The number of rotatable bonds is 3. The van der Waals surface area contributed by atoms with E-state index in [2.05, 4.69) is 4.74 Å². The van der Waals surface area contributed by atoms with E-state index in [0.717, 1.165) is 6.92 Å². The van der Waals surface area contributed by atoms with Crippen molar-refractivity contribution in [3.63, 3.8) is 0 Å². The van der Waals surface area contributed by atoms with Crippen LogP contribution in [0.2, 0.25) is 0 Å². The molecular weight excluding hydrogens is 262 g/mol. The van der Waals surface area contributed by atoms with Gasteiger partial charge in [-0.25, -0.2) is 0 Å². The van der Waals surface area contributed by atoms with Gasteiger partial charge in [-0.1, -0.05) is 19.3 Å². The summed E-state index contributed by atoms with van der Waals surface area (Å²) in [4.78, 5) is 0. The van der Waals surface area contributed by atoms with Crippen molar-refractivity contribution in [1.82, 2.24) is 0 Å². The van der Waals surface area contributed by atoms with Gasteiger partial charge in [0.15, 0.2) is 0 Å². The van der Waals surface area contributed by atoms with Gasteiger partial charge in [0.1, 0.15) is 0 Å². The Labute approximate surface area is 101 Å². The van der Waals surface area contributed by atoms with Crippen molar-refractivity contribution >= 4 is 0 Å². The maximum absolute atomic E-state index is 13.0. The van der Waals surface area contributed by atoms with E-state index >= 15 is 0 Å². The van der Waals surface area contributed by atoms with Crippen LogP contribution in [0.1, 0.15) is 39.0 Å². The smallest absolute Gasteiger partial charge is 0.358 e. The molecule has 18 heavy (non-hydrogen) atoms. The third-order valence-corrected chi connectivity index (χ3v) is 3.39. The molecule has 0 saturated heterocycles. The zero-order chi connectivity index (χ0) is 14.0. The van der Waals surface area contributed by atoms with E-state index in [1.54, 1.807) is 0 Å². The monoisotopic (exact) mass is 278 g/mol. The van der Waals surface area contributed by atoms with Crippen LogP contribution in [-0.4, -0.2) is 24.6 Å². The second-order valence-electron chi connectivity index (χ2n) is 4.50. The van der Waals surface area contributed by atoms with Gasteiger partial charge < -0.3 is 4.74 Å². The summed E-state index contributed by atoms with van der Waals surface area (Å²) in [6.07, 6.45) is -9.64. The Morgan fingerprint density at radius 1 is 0.889 bits per heavy atom. The molecular formula is C11H16F6O. The van der Waals surface area contributed by atoms with Gasteiger partial charge in [-0.3, -0.25) is 0 Å². The van der Waals surface area contributed by atoms with Crippen molar-refractivity contribution in [2.75, 3.05) is 6.61 Å². The lowest BCUT2D eigenvalue weighted by molar-refractivity contribution is -0.399. The van der Waals surface area contributed by atoms with Crippen LogP contribution in [0.5, 0.6) is 0 Å². The molecule has 108 valence electrons. The second-order valence-corrected chi connectivity index (χ2v) is 4.50. The van der Waals surface area contributed by atoms with Crippen LogP contribution in [0.4, 0.5) is 26.3 Å². The summed E-state index contributed by atoms with van der Waals surface area (Å²) in [6, 6.07) is 0. The van der Waals surface area contributed by atoms with Crippen LogP contribution < -0.4 is 0 Å². The van der Waals surface area contributed by atoms with Gasteiger partial charge in [0.2, 0.25) is 0 Å². The lowest BCUT2D eigenvalue weighted by Crippen LogP contribution is -2.63. The fraction of sp³-hybridized carbons (Fsp3) is 1.00. The highest BCUT2D eigenvalue weighted by molar-refractivity contribution is 5.01. The minimum Gasteiger partial charge on any atom is -0.358 e. The molecule has 0 aromatic heterocycles. The molecule has 1 saturated carbocycles. The third-order valence-electron chi connectivity index (χ3n) is 3.39. The van der Waals surface area contributed by atoms with Crippen molar-refractivity contribution in [2.24, 2.45) is 5.92 Å². The van der Waals surface area contributed by atoms with Gasteiger partial charge in [0, 0.05) is 12.5 Å². The Morgan fingerprint density at radius 3 is 1.67 bits per heavy atom. The molecule has 0 heterocycles. The molecule has 0 spiro atoms. The van der Waals surface area contributed by atoms with E-state index in [1.165, 1.54) is 0 Å². The Morgan fingerprint density at radius 2 is 1.33 bits per heavy atom. The number of hydrogen-bond donors (Lipinski definition) is 0. The van der Waals surface area contributed by atoms with Gasteiger partial charge >= 0.3 is 12.4 Å². The van der Waals surface area contributed by atoms with Gasteiger partial charge in [-0.15, -0.1) is 0 Å². The summed E-state index contributed by atoms with van der Waals surface area (Å²) in [5.41, 5.74) is -4.00. The first-order chi connectivity index (χ1) is 8.17. The zero-order valence-corrected chi connectivity index (χ0v) is 10.00. The summed E-state index contributed by atoms with van der Waals surface area (Å²) in [7, 11) is 0. The average Bonchev–Trinajstić information content (AvgIpc) is 2.23. The molecule has 0 atom stereocenters. The zero-order valence-electron chi connectivity index (χ0n) is 10.00. The van der Waals surface area contributed by atoms with Crippen molar-refractivity contribution in [2.45, 2.75) is 57.0 Å². The summed E-state index contributed by atoms with van der Waals surface area (Å²) in [5, 5.41) is 0. The largest absolute Gasteiger partial charge is 0.426 e. The second kappa shape index (κ2) is 5.27. The predicted octanol–water partition coefficient (Wildman–Crippen LogP) is 4.47. The summed E-state index contributed by atoms with van der Waals surface area (Å²) >= 11 is 0. The van der Waals surface area contributed by atoms with Gasteiger partial charge in [-0.05, 0) is 19.8 Å². The van der Waals surface area contributed by atoms with E-state index in [1.807, 2.05) is 0 Å². The number of hydrogen-bond acceptors (Lipinski definition) is 1. The minimum absolute atomic E-state index is 0.0982. The molecule has 7 heteroatoms. The van der Waals surface area contributed by atoms with Crippen molar-refractivity contribution in [3.8, 4) is 0 Å². The third kappa shape index (κ3) is 2.60. The first-order valence-electron chi connectivity index (χ1n) is 5.94. The SMILES string of the molecule is CCOC(C1CCCCC1)(C(F)(F)F)C(F)(F)F. The Kier molecular flexibility index (Phi) is 4.56. The van der Waals surface area contributed by atoms with Gasteiger partial charge in [-0.2, -0.15) is 26.3 Å². The lowest BCUT2D eigenvalue weighted by Gasteiger charge is -2.43. The van der Waals surface area contributed by atoms with Crippen LogP contribution in [0, 0.1) is 5.92 Å². The molecule has 1 rings (SSSR count). The van der Waals surface area contributed by atoms with Crippen molar-refractivity contribution in [1.29, 1.82) is 0 Å². The van der Waals surface area contributed by atoms with Crippen molar-refractivity contribution in [3.05, 3.63) is 0 Å². The average molecular weight is 278 g/mol. The fourth-order valence-corrected chi connectivity index (χ4v) is 2.64. The minimum atomic E-state index is -5.44. The molecule has 1 aliphatic carbocycles. The summed E-state index contributed by atoms with van der Waals surface area (Å²) in [5.74, 6) is -1.54. The normalized spacial score (nSPS) is 20.2. The molecule has 1 nitrogen and oxygen atoms in total. The molecule has 0 amide bonds. The molecule has 0 bridgehead atoms. The first kappa shape index (κ1) is 15.6. The maximum Gasteiger partial charge on any atom is 0.426 e. The molecule has 0 N–H and O–H groups in total. The highest BCUT2D eigenvalue weighted by Gasteiger charge is 2.75. The van der Waals surface area contributed by atoms with E-state index in [-0.39, 0.29) is 12.8 Å². The van der Waals surface area contributed by atoms with E-state index in [0.29, 0.717) is 19.3 Å². The van der Waals surface area contributed by atoms with Crippen LogP contribution in [0.15, 0.2) is 0 Å². The predicted molar refractivity (Wildman–Crippen MR) is 53.0 cm³/mol. The number of ether oxygens (including phenoxy) is 1. The van der Waals surface area contributed by atoms with Crippen LogP contribution in [0.25, 0.3) is 0 Å². The Hall–Kier alpha value is -0.460. The van der Waals surface area contributed by atoms with E-state index in [4.69, 9.17) is 0 Å². The van der Waals surface area contributed by atoms with E-state index < -0.39 is 30.5 Å². The summed E-state index contributed by atoms with van der Waals surface area (Å²) in [6.45, 7) is 0.532. The number of alkyl halides is 6. The molecule has 0 aromatic carbocycles. The maximum atomic E-state index is 13.0. The molecule has 0 unspecified atom stereocenters. The molecule has 1 fully saturated rings. The van der Waals surface area contributed by atoms with Gasteiger partial charge in [0.25, 0.3) is 5.60 Å². The molecule has 1 aliphatic rings. The van der Waals surface area contributed by atoms with E-state index in [9.17, 15) is 26.3 Å². The topological polar surface area (TPSA) is 9.23 Å². The molecule has 0 aromatic rings. The quantitative estimate of drug-likeness (QED) is 0.692. The lowest BCUT2D eigenvalue weighted by atomic mass is 9.75. The first-order valence-corrected chi connectivity index (χ1v) is 5.94. The number of halogens is 6.